The zero-order valence-corrected chi connectivity index (χ0v) is 17.5. The number of carbonyl (C=O) groups is 1. The average Bonchev–Trinajstić information content (AvgIpc) is 2.90. The Balaban J connectivity index is 1.67. The largest absolute Gasteiger partial charge is 0.466 e. The predicted molar refractivity (Wildman–Crippen MR) is 113 cm³/mol. The number of amidine groups is 1. The van der Waals surface area contributed by atoms with Crippen molar-refractivity contribution in [2.45, 2.75) is 32.7 Å². The van der Waals surface area contributed by atoms with Gasteiger partial charge in [-0.25, -0.2) is 4.99 Å². The summed E-state index contributed by atoms with van der Waals surface area (Å²) in [7, 11) is 0. The van der Waals surface area contributed by atoms with Gasteiger partial charge in [0.15, 0.2) is 0 Å². The van der Waals surface area contributed by atoms with E-state index in [0.717, 1.165) is 54.5 Å². The van der Waals surface area contributed by atoms with Gasteiger partial charge in [0.05, 0.1) is 18.1 Å². The standard InChI is InChI=1S/C22H26ClN3O3/c1-3-28-22(27)14(2)18-13-26(11-10-24-18)21-16-12-15(23)8-9-19(16)29-20-7-5-4-6-17(20)25-21/h6-9,12,14,18,24H,3-5,10-11,13H2,1-2H3/t14-,18?/m0/s1. The van der Waals surface area contributed by atoms with Crippen molar-refractivity contribution in [3.05, 3.63) is 52.4 Å². The maximum absolute atomic E-state index is 12.2. The number of rotatable bonds is 3. The molecule has 1 fully saturated rings. The minimum Gasteiger partial charge on any atom is -0.466 e. The molecule has 0 amide bonds. The molecule has 6 nitrogen and oxygen atoms in total. The van der Waals surface area contributed by atoms with Gasteiger partial charge >= 0.3 is 5.97 Å². The van der Waals surface area contributed by atoms with Crippen LogP contribution < -0.4 is 10.1 Å². The molecule has 0 bridgehead atoms. The van der Waals surface area contributed by atoms with Crippen LogP contribution in [0.2, 0.25) is 5.02 Å². The average molecular weight is 416 g/mol. The Bertz CT molecular complexity index is 893. The van der Waals surface area contributed by atoms with E-state index in [9.17, 15) is 4.79 Å². The van der Waals surface area contributed by atoms with Crippen LogP contribution in [-0.2, 0) is 9.53 Å². The zero-order chi connectivity index (χ0) is 20.4. The Labute approximate surface area is 176 Å². The molecule has 2 aliphatic heterocycles. The van der Waals surface area contributed by atoms with Gasteiger partial charge in [-0.05, 0) is 44.0 Å². The van der Waals surface area contributed by atoms with Crippen molar-refractivity contribution in [3.8, 4) is 5.75 Å². The second kappa shape index (κ2) is 8.59. The molecule has 4 rings (SSSR count). The van der Waals surface area contributed by atoms with Crippen molar-refractivity contribution in [2.75, 3.05) is 26.2 Å². The summed E-state index contributed by atoms with van der Waals surface area (Å²) in [4.78, 5) is 19.4. The van der Waals surface area contributed by atoms with Crippen LogP contribution in [0.15, 0.2) is 46.8 Å². The molecule has 2 atom stereocenters. The lowest BCUT2D eigenvalue weighted by Crippen LogP contribution is -2.56. The first-order valence-electron chi connectivity index (χ1n) is 10.2. The highest BCUT2D eigenvalue weighted by molar-refractivity contribution is 6.31. The summed E-state index contributed by atoms with van der Waals surface area (Å²) in [6.07, 6.45) is 6.09. The number of halogens is 1. The molecule has 7 heteroatoms. The lowest BCUT2D eigenvalue weighted by atomic mass is 9.99. The number of piperazine rings is 1. The highest BCUT2D eigenvalue weighted by atomic mass is 35.5. The van der Waals surface area contributed by atoms with Gasteiger partial charge in [-0.15, -0.1) is 0 Å². The highest BCUT2D eigenvalue weighted by Gasteiger charge is 2.33. The Kier molecular flexibility index (Phi) is 5.92. The third kappa shape index (κ3) is 4.19. The number of allylic oxidation sites excluding steroid dienone is 2. The molecule has 1 unspecified atom stereocenters. The Morgan fingerprint density at radius 3 is 3.07 bits per heavy atom. The van der Waals surface area contributed by atoms with E-state index in [1.54, 1.807) is 0 Å². The predicted octanol–water partition coefficient (Wildman–Crippen LogP) is 3.51. The maximum atomic E-state index is 12.2. The van der Waals surface area contributed by atoms with E-state index >= 15 is 0 Å². The molecular weight excluding hydrogens is 390 g/mol. The molecule has 0 spiro atoms. The quantitative estimate of drug-likeness (QED) is 0.765. The van der Waals surface area contributed by atoms with Crippen LogP contribution in [0.1, 0.15) is 32.3 Å². The highest BCUT2D eigenvalue weighted by Crippen LogP contribution is 2.34. The van der Waals surface area contributed by atoms with Crippen LogP contribution in [0.4, 0.5) is 0 Å². The fourth-order valence-electron chi connectivity index (χ4n) is 3.88. The van der Waals surface area contributed by atoms with Gasteiger partial charge in [-0.3, -0.25) is 4.79 Å². The normalized spacial score (nSPS) is 22.1. The number of fused-ring (bicyclic) bond motifs is 2. The number of esters is 1. The summed E-state index contributed by atoms with van der Waals surface area (Å²) in [5.74, 6) is 1.95. The molecule has 1 aromatic carbocycles. The van der Waals surface area contributed by atoms with Crippen molar-refractivity contribution in [2.24, 2.45) is 10.9 Å². The summed E-state index contributed by atoms with van der Waals surface area (Å²) in [5, 5.41) is 4.09. The van der Waals surface area contributed by atoms with Crippen LogP contribution in [0.3, 0.4) is 0 Å². The first-order valence-corrected chi connectivity index (χ1v) is 10.6. The van der Waals surface area contributed by atoms with Crippen molar-refractivity contribution in [1.82, 2.24) is 10.2 Å². The van der Waals surface area contributed by atoms with E-state index in [1.165, 1.54) is 0 Å². The topological polar surface area (TPSA) is 63.2 Å². The molecule has 0 radical (unpaired) electrons. The van der Waals surface area contributed by atoms with E-state index in [-0.39, 0.29) is 17.9 Å². The number of ether oxygens (including phenoxy) is 2. The molecule has 0 saturated carbocycles. The van der Waals surface area contributed by atoms with Crippen LogP contribution in [0.5, 0.6) is 5.75 Å². The molecule has 0 aromatic heterocycles. The second-order valence-corrected chi connectivity index (χ2v) is 7.90. The zero-order valence-electron chi connectivity index (χ0n) is 16.8. The van der Waals surface area contributed by atoms with Crippen molar-refractivity contribution in [3.63, 3.8) is 0 Å². The number of benzene rings is 1. The molecular formula is C22H26ClN3O3. The van der Waals surface area contributed by atoms with E-state index in [4.69, 9.17) is 26.1 Å². The van der Waals surface area contributed by atoms with Crippen molar-refractivity contribution >= 4 is 23.4 Å². The summed E-state index contributed by atoms with van der Waals surface area (Å²) < 4.78 is 11.4. The summed E-state index contributed by atoms with van der Waals surface area (Å²) >= 11 is 6.31. The van der Waals surface area contributed by atoms with Gasteiger partial charge in [0.25, 0.3) is 0 Å². The third-order valence-electron chi connectivity index (χ3n) is 5.48. The summed E-state index contributed by atoms with van der Waals surface area (Å²) in [6.45, 7) is 6.31. The van der Waals surface area contributed by atoms with Crippen LogP contribution in [0.25, 0.3) is 0 Å². The molecule has 1 aliphatic carbocycles. The SMILES string of the molecule is CCOC(=O)[C@@H](C)C1CN(C2=NC3=CCCC=C3Oc3ccc(Cl)cc32)CCN1. The van der Waals surface area contributed by atoms with Gasteiger partial charge in [0.2, 0.25) is 0 Å². The van der Waals surface area contributed by atoms with E-state index in [0.29, 0.717) is 18.2 Å². The van der Waals surface area contributed by atoms with E-state index in [2.05, 4.69) is 22.4 Å². The number of nitrogens with one attached hydrogen (secondary N) is 1. The molecule has 154 valence electrons. The van der Waals surface area contributed by atoms with Gasteiger partial charge in [-0.2, -0.15) is 0 Å². The van der Waals surface area contributed by atoms with E-state index < -0.39 is 0 Å². The number of hydrogen-bond acceptors (Lipinski definition) is 6. The van der Waals surface area contributed by atoms with Crippen LogP contribution in [-0.4, -0.2) is 49.0 Å². The smallest absolute Gasteiger partial charge is 0.310 e. The summed E-state index contributed by atoms with van der Waals surface area (Å²) in [6, 6.07) is 5.61. The number of nitrogens with zero attached hydrogens (tertiary/aromatic N) is 2. The van der Waals surface area contributed by atoms with E-state index in [1.807, 2.05) is 32.0 Å². The van der Waals surface area contributed by atoms with Crippen molar-refractivity contribution in [1.29, 1.82) is 0 Å². The van der Waals surface area contributed by atoms with Gasteiger partial charge in [0.1, 0.15) is 23.0 Å². The molecule has 29 heavy (non-hydrogen) atoms. The Hall–Kier alpha value is -2.31. The second-order valence-electron chi connectivity index (χ2n) is 7.46. The summed E-state index contributed by atoms with van der Waals surface area (Å²) in [5.41, 5.74) is 1.73. The van der Waals surface area contributed by atoms with Gasteiger partial charge < -0.3 is 19.7 Å². The lowest BCUT2D eigenvalue weighted by Gasteiger charge is -2.37. The fraction of sp³-hybridized carbons (Fsp3) is 0.455. The van der Waals surface area contributed by atoms with Crippen molar-refractivity contribution < 1.29 is 14.3 Å². The van der Waals surface area contributed by atoms with Gasteiger partial charge in [0, 0.05) is 30.7 Å². The molecule has 2 heterocycles. The molecule has 1 saturated heterocycles. The fourth-order valence-corrected chi connectivity index (χ4v) is 4.05. The Morgan fingerprint density at radius 2 is 2.24 bits per heavy atom. The minimum atomic E-state index is -0.247. The van der Waals surface area contributed by atoms with Gasteiger partial charge in [-0.1, -0.05) is 24.6 Å². The lowest BCUT2D eigenvalue weighted by molar-refractivity contribution is -0.148. The van der Waals surface area contributed by atoms with Crippen LogP contribution >= 0.6 is 11.6 Å². The molecule has 1 aromatic rings. The molecule has 1 N–H and O–H groups in total. The number of aliphatic imine (C=N–C) groups is 1. The minimum absolute atomic E-state index is 0.0207. The first kappa shape index (κ1) is 20.0. The first-order chi connectivity index (χ1) is 14.1. The maximum Gasteiger partial charge on any atom is 0.310 e. The van der Waals surface area contributed by atoms with Crippen LogP contribution in [0, 0.1) is 5.92 Å². The third-order valence-corrected chi connectivity index (χ3v) is 5.72. The molecule has 3 aliphatic rings. The Morgan fingerprint density at radius 1 is 1.41 bits per heavy atom. The number of hydrogen-bond donors (Lipinski definition) is 1. The number of carbonyl (C=O) groups excluding carboxylic acids is 1. The monoisotopic (exact) mass is 415 g/mol.